The Balaban J connectivity index is 2.89. The first-order chi connectivity index (χ1) is 3.91. The third-order valence-corrected chi connectivity index (χ3v) is 0.535. The Labute approximate surface area is 50.4 Å². The second kappa shape index (κ2) is 6.26. The highest BCUT2D eigenvalue weighted by molar-refractivity contribution is 5.01. The van der Waals surface area contributed by atoms with Gasteiger partial charge in [-0.1, -0.05) is 17.9 Å². The highest BCUT2D eigenvalue weighted by Gasteiger charge is 1.72. The Kier molecular flexibility index (Phi) is 5.68. The van der Waals surface area contributed by atoms with Crippen LogP contribution in [0, 0.1) is 18.8 Å². The largest absolute Gasteiger partial charge is 0.365 e. The molecule has 0 spiro atoms. The molecule has 0 amide bonds. The third kappa shape index (κ3) is 5.26. The molecule has 0 fully saturated rings. The molecule has 1 radical (unpaired) electrons. The van der Waals surface area contributed by atoms with E-state index in [1.807, 2.05) is 0 Å². The van der Waals surface area contributed by atoms with Crippen LogP contribution in [0.2, 0.25) is 0 Å². The Hall–Kier alpha value is -0.740. The molecule has 0 N–H and O–H groups in total. The molecule has 0 rings (SSSR count). The molecule has 0 aliphatic rings. The van der Waals surface area contributed by atoms with Gasteiger partial charge < -0.3 is 4.74 Å². The highest BCUT2D eigenvalue weighted by Crippen LogP contribution is 1.70. The van der Waals surface area contributed by atoms with Crippen LogP contribution in [0.15, 0.2) is 12.7 Å². The van der Waals surface area contributed by atoms with Crippen molar-refractivity contribution >= 4 is 0 Å². The second-order valence-electron chi connectivity index (χ2n) is 1.16. The summed E-state index contributed by atoms with van der Waals surface area (Å²) in [7, 11) is 0. The van der Waals surface area contributed by atoms with E-state index in [-0.39, 0.29) is 0 Å². The van der Waals surface area contributed by atoms with E-state index >= 15 is 0 Å². The fraction of sp³-hybridized carbons (Fsp3) is 0.286. The second-order valence-corrected chi connectivity index (χ2v) is 1.16. The minimum atomic E-state index is 0.454. The summed E-state index contributed by atoms with van der Waals surface area (Å²) >= 11 is 0. The molecule has 0 aliphatic heterocycles. The van der Waals surface area contributed by atoms with E-state index in [2.05, 4.69) is 25.3 Å². The van der Waals surface area contributed by atoms with Crippen LogP contribution in [-0.2, 0) is 4.74 Å². The van der Waals surface area contributed by atoms with E-state index in [0.717, 1.165) is 0 Å². The molecule has 0 atom stereocenters. The zero-order chi connectivity index (χ0) is 6.24. The fourth-order valence-corrected chi connectivity index (χ4v) is 0.244. The summed E-state index contributed by atoms with van der Waals surface area (Å²) in [5, 5.41) is 0. The van der Waals surface area contributed by atoms with Gasteiger partial charge in [0.25, 0.3) is 0 Å². The van der Waals surface area contributed by atoms with E-state index in [9.17, 15) is 0 Å². The molecule has 0 unspecified atom stereocenters. The molecule has 1 nitrogen and oxygen atoms in total. The zero-order valence-electron chi connectivity index (χ0n) is 4.81. The Morgan fingerprint density at radius 1 is 1.62 bits per heavy atom. The molecule has 8 heavy (non-hydrogen) atoms. The van der Waals surface area contributed by atoms with Gasteiger partial charge >= 0.3 is 0 Å². The lowest BCUT2D eigenvalue weighted by Crippen LogP contribution is -1.89. The van der Waals surface area contributed by atoms with Crippen LogP contribution < -0.4 is 0 Å². The van der Waals surface area contributed by atoms with Crippen LogP contribution in [0.5, 0.6) is 0 Å². The molecular weight excluding hydrogens is 100 g/mol. The van der Waals surface area contributed by atoms with Gasteiger partial charge in [-0.15, -0.1) is 6.58 Å². The summed E-state index contributed by atoms with van der Waals surface area (Å²) in [6, 6.07) is 0. The topological polar surface area (TPSA) is 9.23 Å². The maximum absolute atomic E-state index is 4.89. The summed E-state index contributed by atoms with van der Waals surface area (Å²) in [4.78, 5) is 0. The minimum Gasteiger partial charge on any atom is -0.365 e. The van der Waals surface area contributed by atoms with Gasteiger partial charge in [0, 0.05) is 6.92 Å². The Bertz CT molecular complexity index is 105. The molecule has 0 saturated heterocycles. The quantitative estimate of drug-likeness (QED) is 0.299. The van der Waals surface area contributed by atoms with Crippen molar-refractivity contribution < 1.29 is 4.74 Å². The number of hydrogen-bond acceptors (Lipinski definition) is 1. The fourth-order valence-electron chi connectivity index (χ4n) is 0.244. The van der Waals surface area contributed by atoms with Crippen LogP contribution in [0.4, 0.5) is 0 Å². The summed E-state index contributed by atoms with van der Waals surface area (Å²) in [5.41, 5.74) is 0. The predicted octanol–water partition coefficient (Wildman–Crippen LogP) is 1.03. The normalized spacial score (nSPS) is 7.12. The van der Waals surface area contributed by atoms with Gasteiger partial charge in [-0.3, -0.25) is 0 Å². The minimum absolute atomic E-state index is 0.454. The van der Waals surface area contributed by atoms with Gasteiger partial charge in [-0.25, -0.2) is 0 Å². The first kappa shape index (κ1) is 7.26. The smallest absolute Gasteiger partial charge is 0.108 e. The van der Waals surface area contributed by atoms with Crippen molar-refractivity contribution in [2.75, 3.05) is 13.2 Å². The lowest BCUT2D eigenvalue weighted by molar-refractivity contribution is 0.199. The maximum atomic E-state index is 4.89. The van der Waals surface area contributed by atoms with Crippen molar-refractivity contribution in [2.45, 2.75) is 0 Å². The highest BCUT2D eigenvalue weighted by atomic mass is 16.5. The third-order valence-electron chi connectivity index (χ3n) is 0.535. The summed E-state index contributed by atoms with van der Waals surface area (Å²) in [5.74, 6) is 5.12. The molecule has 0 bridgehead atoms. The first-order valence-corrected chi connectivity index (χ1v) is 2.35. The lowest BCUT2D eigenvalue weighted by Gasteiger charge is -1.88. The molecule has 43 valence electrons. The van der Waals surface area contributed by atoms with Crippen LogP contribution in [-0.4, -0.2) is 13.2 Å². The van der Waals surface area contributed by atoms with Gasteiger partial charge in [0.1, 0.15) is 6.61 Å². The van der Waals surface area contributed by atoms with E-state index in [1.165, 1.54) is 0 Å². The molecule has 0 aromatic carbocycles. The van der Waals surface area contributed by atoms with E-state index in [1.54, 1.807) is 6.08 Å². The van der Waals surface area contributed by atoms with Gasteiger partial charge in [0.2, 0.25) is 0 Å². The molecule has 1 heteroatoms. The van der Waals surface area contributed by atoms with Crippen molar-refractivity contribution in [3.8, 4) is 11.8 Å². The summed E-state index contributed by atoms with van der Waals surface area (Å²) in [6.45, 7) is 7.80. The predicted molar refractivity (Wildman–Crippen MR) is 34.1 cm³/mol. The zero-order valence-corrected chi connectivity index (χ0v) is 4.81. The number of hydrogen-bond donors (Lipinski definition) is 0. The van der Waals surface area contributed by atoms with Crippen molar-refractivity contribution in [3.63, 3.8) is 0 Å². The standard InChI is InChI=1S/C7H9O/c1-3-5-7-8-6-4-2/h4H,1-2,6-7H2. The van der Waals surface area contributed by atoms with Crippen molar-refractivity contribution in [3.05, 3.63) is 19.6 Å². The van der Waals surface area contributed by atoms with Crippen molar-refractivity contribution in [1.82, 2.24) is 0 Å². The van der Waals surface area contributed by atoms with Crippen molar-refractivity contribution in [2.24, 2.45) is 0 Å². The lowest BCUT2D eigenvalue weighted by atomic mass is 10.6. The van der Waals surface area contributed by atoms with E-state index in [0.29, 0.717) is 13.2 Å². The average molecular weight is 109 g/mol. The van der Waals surface area contributed by atoms with Crippen LogP contribution in [0.1, 0.15) is 0 Å². The molecular formula is C7H9O. The average Bonchev–Trinajstić information content (AvgIpc) is 1.81. The van der Waals surface area contributed by atoms with Crippen molar-refractivity contribution in [1.29, 1.82) is 0 Å². The van der Waals surface area contributed by atoms with Crippen LogP contribution >= 0.6 is 0 Å². The SMILES string of the molecule is [CH2]C#CCOCC=C. The first-order valence-electron chi connectivity index (χ1n) is 2.35. The van der Waals surface area contributed by atoms with Crippen LogP contribution in [0.3, 0.4) is 0 Å². The summed E-state index contributed by atoms with van der Waals surface area (Å²) < 4.78 is 4.89. The molecule has 0 aliphatic carbocycles. The Morgan fingerprint density at radius 2 is 2.38 bits per heavy atom. The van der Waals surface area contributed by atoms with Gasteiger partial charge in [-0.05, 0) is 0 Å². The van der Waals surface area contributed by atoms with E-state index in [4.69, 9.17) is 4.74 Å². The monoisotopic (exact) mass is 109 g/mol. The molecule has 0 saturated carbocycles. The molecule has 0 heterocycles. The van der Waals surface area contributed by atoms with Gasteiger partial charge in [0.15, 0.2) is 0 Å². The number of rotatable bonds is 3. The van der Waals surface area contributed by atoms with Gasteiger partial charge in [0.05, 0.1) is 6.61 Å². The summed E-state index contributed by atoms with van der Waals surface area (Å²) in [6.07, 6.45) is 1.69. The molecule has 0 aromatic rings. The molecule has 0 aromatic heterocycles. The van der Waals surface area contributed by atoms with Gasteiger partial charge in [-0.2, -0.15) is 0 Å². The van der Waals surface area contributed by atoms with E-state index < -0.39 is 0 Å². The Morgan fingerprint density at radius 3 is 2.88 bits per heavy atom. The van der Waals surface area contributed by atoms with Crippen LogP contribution in [0.25, 0.3) is 0 Å². The number of ether oxygens (including phenoxy) is 1. The maximum Gasteiger partial charge on any atom is 0.108 e.